The Kier molecular flexibility index (Phi) is 4.72. The standard InChI is InChI=1S/C21H17ClN2O2S/c1-3-24(16-6-4-5-15(22)12-16)21(25)19-11-14-9-13-10-17(26-2)7-8-18(13)23-20(14)27-19/h4-12H,3H2,1-2H3. The zero-order chi connectivity index (χ0) is 19.0. The fourth-order valence-electron chi connectivity index (χ4n) is 3.07. The Labute approximate surface area is 166 Å². The van der Waals surface area contributed by atoms with Crippen molar-refractivity contribution in [2.45, 2.75) is 6.92 Å². The summed E-state index contributed by atoms with van der Waals surface area (Å²) in [5.41, 5.74) is 1.67. The molecule has 2 heterocycles. The van der Waals surface area contributed by atoms with Crippen LogP contribution in [0.25, 0.3) is 21.1 Å². The zero-order valence-corrected chi connectivity index (χ0v) is 16.5. The van der Waals surface area contributed by atoms with Crippen molar-refractivity contribution in [1.82, 2.24) is 4.98 Å². The SMILES string of the molecule is CCN(C(=O)c1cc2cc3cc(OC)ccc3nc2s1)c1cccc(Cl)c1. The highest BCUT2D eigenvalue weighted by molar-refractivity contribution is 7.20. The lowest BCUT2D eigenvalue weighted by molar-refractivity contribution is 0.0992. The number of halogens is 1. The van der Waals surface area contributed by atoms with Crippen molar-refractivity contribution in [3.05, 3.63) is 64.5 Å². The number of methoxy groups -OCH3 is 1. The number of fused-ring (bicyclic) bond motifs is 2. The monoisotopic (exact) mass is 396 g/mol. The zero-order valence-electron chi connectivity index (χ0n) is 14.9. The van der Waals surface area contributed by atoms with Gasteiger partial charge in [-0.2, -0.15) is 0 Å². The summed E-state index contributed by atoms with van der Waals surface area (Å²) in [5.74, 6) is 0.734. The predicted molar refractivity (Wildman–Crippen MR) is 112 cm³/mol. The molecule has 0 unspecified atom stereocenters. The van der Waals surface area contributed by atoms with E-state index < -0.39 is 0 Å². The van der Waals surface area contributed by atoms with Gasteiger partial charge in [-0.25, -0.2) is 4.98 Å². The van der Waals surface area contributed by atoms with Crippen LogP contribution < -0.4 is 9.64 Å². The van der Waals surface area contributed by atoms with E-state index in [4.69, 9.17) is 21.3 Å². The van der Waals surface area contributed by atoms with E-state index in [1.54, 1.807) is 24.1 Å². The second kappa shape index (κ2) is 7.18. The summed E-state index contributed by atoms with van der Waals surface area (Å²) in [4.78, 5) is 21.0. The second-order valence-corrected chi connectivity index (χ2v) is 7.55. The molecule has 0 aliphatic rings. The Balaban J connectivity index is 1.76. The third-order valence-electron chi connectivity index (χ3n) is 4.40. The number of aromatic nitrogens is 1. The first-order valence-corrected chi connectivity index (χ1v) is 9.74. The quantitative estimate of drug-likeness (QED) is 0.439. The number of hydrogen-bond acceptors (Lipinski definition) is 4. The number of carbonyl (C=O) groups excluding carboxylic acids is 1. The maximum Gasteiger partial charge on any atom is 0.268 e. The van der Waals surface area contributed by atoms with Crippen LogP contribution in [0.4, 0.5) is 5.69 Å². The molecule has 0 atom stereocenters. The van der Waals surface area contributed by atoms with E-state index in [-0.39, 0.29) is 5.91 Å². The maximum atomic E-state index is 13.1. The van der Waals surface area contributed by atoms with Crippen LogP contribution >= 0.6 is 22.9 Å². The van der Waals surface area contributed by atoms with Crippen molar-refractivity contribution in [1.29, 1.82) is 0 Å². The molecule has 136 valence electrons. The van der Waals surface area contributed by atoms with Gasteiger partial charge in [-0.05, 0) is 55.5 Å². The van der Waals surface area contributed by atoms with Crippen LogP contribution in [0.3, 0.4) is 0 Å². The van der Waals surface area contributed by atoms with E-state index in [9.17, 15) is 4.79 Å². The molecule has 0 fully saturated rings. The van der Waals surface area contributed by atoms with Crippen LogP contribution in [0.5, 0.6) is 5.75 Å². The Morgan fingerprint density at radius 1 is 1.15 bits per heavy atom. The van der Waals surface area contributed by atoms with Crippen LogP contribution in [0.2, 0.25) is 5.02 Å². The fraction of sp³-hybridized carbons (Fsp3) is 0.143. The van der Waals surface area contributed by atoms with Crippen molar-refractivity contribution in [2.75, 3.05) is 18.6 Å². The highest BCUT2D eigenvalue weighted by atomic mass is 35.5. The van der Waals surface area contributed by atoms with Crippen LogP contribution in [0, 0.1) is 0 Å². The minimum atomic E-state index is -0.0515. The molecule has 0 aliphatic carbocycles. The molecule has 2 aromatic heterocycles. The van der Waals surface area contributed by atoms with Gasteiger partial charge >= 0.3 is 0 Å². The highest BCUT2D eigenvalue weighted by Gasteiger charge is 2.19. The molecule has 2 aromatic carbocycles. The summed E-state index contributed by atoms with van der Waals surface area (Å²) >= 11 is 7.50. The van der Waals surface area contributed by atoms with Crippen molar-refractivity contribution in [3.63, 3.8) is 0 Å². The molecular formula is C21H17ClN2O2S. The molecule has 0 spiro atoms. The number of anilines is 1. The average molecular weight is 397 g/mol. The number of ether oxygens (including phenoxy) is 1. The largest absolute Gasteiger partial charge is 0.497 e. The van der Waals surface area contributed by atoms with E-state index in [2.05, 4.69) is 0 Å². The maximum absolute atomic E-state index is 13.1. The van der Waals surface area contributed by atoms with Crippen molar-refractivity contribution in [3.8, 4) is 5.75 Å². The molecule has 4 nitrogen and oxygen atoms in total. The van der Waals surface area contributed by atoms with Gasteiger partial charge in [-0.1, -0.05) is 17.7 Å². The summed E-state index contributed by atoms with van der Waals surface area (Å²) in [7, 11) is 1.64. The molecule has 0 saturated heterocycles. The number of pyridine rings is 1. The van der Waals surface area contributed by atoms with E-state index in [1.807, 2.05) is 49.4 Å². The van der Waals surface area contributed by atoms with E-state index >= 15 is 0 Å². The topological polar surface area (TPSA) is 42.4 Å². The number of nitrogens with zero attached hydrogens (tertiary/aromatic N) is 2. The van der Waals surface area contributed by atoms with Gasteiger partial charge in [0.25, 0.3) is 5.91 Å². The van der Waals surface area contributed by atoms with E-state index in [0.717, 1.165) is 32.6 Å². The molecule has 0 radical (unpaired) electrons. The van der Waals surface area contributed by atoms with Crippen molar-refractivity contribution >= 4 is 55.7 Å². The van der Waals surface area contributed by atoms with Crippen molar-refractivity contribution < 1.29 is 9.53 Å². The van der Waals surface area contributed by atoms with Crippen molar-refractivity contribution in [2.24, 2.45) is 0 Å². The van der Waals surface area contributed by atoms with Crippen LogP contribution in [0.15, 0.2) is 54.6 Å². The summed E-state index contributed by atoms with van der Waals surface area (Å²) in [5, 5.41) is 2.55. The third-order valence-corrected chi connectivity index (χ3v) is 5.67. The van der Waals surface area contributed by atoms with Crippen LogP contribution in [-0.2, 0) is 0 Å². The minimum Gasteiger partial charge on any atom is -0.497 e. The number of amides is 1. The number of rotatable bonds is 4. The summed E-state index contributed by atoms with van der Waals surface area (Å²) < 4.78 is 5.29. The molecule has 4 aromatic rings. The fourth-order valence-corrected chi connectivity index (χ4v) is 4.22. The summed E-state index contributed by atoms with van der Waals surface area (Å²) in [6.07, 6.45) is 0. The Bertz CT molecular complexity index is 1160. The van der Waals surface area contributed by atoms with Gasteiger partial charge in [0, 0.05) is 28.0 Å². The highest BCUT2D eigenvalue weighted by Crippen LogP contribution is 2.31. The number of hydrogen-bond donors (Lipinski definition) is 0. The molecule has 27 heavy (non-hydrogen) atoms. The first-order valence-electron chi connectivity index (χ1n) is 8.55. The molecule has 0 N–H and O–H groups in total. The molecule has 0 aliphatic heterocycles. The normalized spacial score (nSPS) is 11.1. The lowest BCUT2D eigenvalue weighted by Gasteiger charge is -2.20. The second-order valence-electron chi connectivity index (χ2n) is 6.08. The van der Waals surface area contributed by atoms with Gasteiger partial charge in [0.1, 0.15) is 10.6 Å². The first kappa shape index (κ1) is 17.8. The Morgan fingerprint density at radius 3 is 2.74 bits per heavy atom. The van der Waals surface area contributed by atoms with Crippen LogP contribution in [-0.4, -0.2) is 24.5 Å². The van der Waals surface area contributed by atoms with Gasteiger partial charge < -0.3 is 9.64 Å². The summed E-state index contributed by atoms with van der Waals surface area (Å²) in [6, 6.07) is 17.1. The Morgan fingerprint density at radius 2 is 2.00 bits per heavy atom. The molecule has 6 heteroatoms. The van der Waals surface area contributed by atoms with Crippen LogP contribution in [0.1, 0.15) is 16.6 Å². The molecular weight excluding hydrogens is 380 g/mol. The molecule has 1 amide bonds. The van der Waals surface area contributed by atoms with Gasteiger partial charge in [0.15, 0.2) is 0 Å². The average Bonchev–Trinajstić information content (AvgIpc) is 3.09. The minimum absolute atomic E-state index is 0.0515. The number of benzene rings is 2. The van der Waals surface area contributed by atoms with E-state index in [1.165, 1.54) is 11.3 Å². The summed E-state index contributed by atoms with van der Waals surface area (Å²) in [6.45, 7) is 2.50. The smallest absolute Gasteiger partial charge is 0.268 e. The van der Waals surface area contributed by atoms with E-state index in [0.29, 0.717) is 16.4 Å². The molecule has 4 rings (SSSR count). The lowest BCUT2D eigenvalue weighted by Crippen LogP contribution is -2.29. The third kappa shape index (κ3) is 3.36. The number of carbonyl (C=O) groups is 1. The molecule has 0 saturated carbocycles. The lowest BCUT2D eigenvalue weighted by atomic mass is 10.2. The number of thiophene rings is 1. The predicted octanol–water partition coefficient (Wildman–Crippen LogP) is 5.78. The van der Waals surface area contributed by atoms with Gasteiger partial charge in [0.05, 0.1) is 17.5 Å². The Hall–Kier alpha value is -2.63. The first-order chi connectivity index (χ1) is 13.1. The van der Waals surface area contributed by atoms with Gasteiger partial charge in [0.2, 0.25) is 0 Å². The van der Waals surface area contributed by atoms with Gasteiger partial charge in [-0.3, -0.25) is 4.79 Å². The van der Waals surface area contributed by atoms with Gasteiger partial charge in [-0.15, -0.1) is 11.3 Å². The molecule has 0 bridgehead atoms.